The first-order valence-electron chi connectivity index (χ1n) is 7.73. The molecule has 0 aliphatic heterocycles. The number of ketones is 1. The third-order valence-electron chi connectivity index (χ3n) is 3.84. The number of carbonyl (C=O) groups is 1. The van der Waals surface area contributed by atoms with Crippen LogP contribution in [0.1, 0.15) is 15.9 Å². The van der Waals surface area contributed by atoms with E-state index in [2.05, 4.69) is 33.6 Å². The highest BCUT2D eigenvalue weighted by Crippen LogP contribution is 2.31. The highest BCUT2D eigenvalue weighted by molar-refractivity contribution is 7.22. The number of thiophene rings is 1. The van der Waals surface area contributed by atoms with Gasteiger partial charge in [-0.05, 0) is 28.3 Å². The van der Waals surface area contributed by atoms with Crippen molar-refractivity contribution in [1.82, 2.24) is 20.2 Å². The van der Waals surface area contributed by atoms with E-state index in [1.165, 1.54) is 14.9 Å². The molecule has 0 amide bonds. The second kappa shape index (κ2) is 6.54. The van der Waals surface area contributed by atoms with Crippen molar-refractivity contribution in [3.05, 3.63) is 65.7 Å². The number of hydrogen-bond donors (Lipinski definition) is 1. The van der Waals surface area contributed by atoms with E-state index < -0.39 is 6.61 Å². The van der Waals surface area contributed by atoms with E-state index in [1.807, 2.05) is 24.3 Å². The van der Waals surface area contributed by atoms with Crippen LogP contribution in [-0.2, 0) is 6.54 Å². The Bertz CT molecular complexity index is 1000. The first-order chi connectivity index (χ1) is 12.2. The number of benzene rings is 2. The van der Waals surface area contributed by atoms with Gasteiger partial charge in [0.15, 0.2) is 5.78 Å². The average molecular weight is 350 g/mol. The predicted octanol–water partition coefficient (Wildman–Crippen LogP) is 2.78. The molecule has 0 radical (unpaired) electrons. The Morgan fingerprint density at radius 3 is 2.68 bits per heavy atom. The fraction of sp³-hybridized carbons (Fsp3) is 0.111. The van der Waals surface area contributed by atoms with Crippen LogP contribution < -0.4 is 0 Å². The Kier molecular flexibility index (Phi) is 4.09. The van der Waals surface area contributed by atoms with Crippen molar-refractivity contribution in [2.24, 2.45) is 0 Å². The van der Waals surface area contributed by atoms with Crippen LogP contribution in [0.5, 0.6) is 0 Å². The smallest absolute Gasteiger partial charge is 0.214 e. The lowest BCUT2D eigenvalue weighted by molar-refractivity contribution is 0.0903. The number of fused-ring (bicyclic) bond motifs is 1. The van der Waals surface area contributed by atoms with Crippen LogP contribution in [0.4, 0.5) is 0 Å². The summed E-state index contributed by atoms with van der Waals surface area (Å²) >= 11 is 1.64. The molecule has 6 nitrogen and oxygen atoms in total. The first kappa shape index (κ1) is 15.6. The number of hydrogen-bond acceptors (Lipinski definition) is 6. The van der Waals surface area contributed by atoms with Gasteiger partial charge in [-0.2, -0.15) is 4.80 Å². The number of carbonyl (C=O) groups excluding carboxylic acids is 1. The van der Waals surface area contributed by atoms with Crippen LogP contribution >= 0.6 is 11.3 Å². The molecule has 0 saturated carbocycles. The second-order valence-corrected chi connectivity index (χ2v) is 6.65. The van der Waals surface area contributed by atoms with Crippen molar-refractivity contribution in [1.29, 1.82) is 0 Å². The molecule has 25 heavy (non-hydrogen) atoms. The van der Waals surface area contributed by atoms with Crippen LogP contribution in [0.15, 0.2) is 54.6 Å². The Balaban J connectivity index is 1.54. The minimum atomic E-state index is -0.484. The Hall–Kier alpha value is -2.90. The molecule has 0 bridgehead atoms. The lowest BCUT2D eigenvalue weighted by Gasteiger charge is -2.01. The maximum Gasteiger partial charge on any atom is 0.214 e. The summed E-state index contributed by atoms with van der Waals surface area (Å²) in [6.45, 7) is -0.0198. The van der Waals surface area contributed by atoms with E-state index in [4.69, 9.17) is 5.11 Å². The van der Waals surface area contributed by atoms with Gasteiger partial charge in [0.25, 0.3) is 0 Å². The number of aliphatic hydroxyl groups excluding tert-OH is 1. The molecular weight excluding hydrogens is 336 g/mol. The summed E-state index contributed by atoms with van der Waals surface area (Å²) in [5.41, 5.74) is 1.44. The fourth-order valence-corrected chi connectivity index (χ4v) is 3.54. The third-order valence-corrected chi connectivity index (χ3v) is 4.95. The minimum absolute atomic E-state index is 0.294. The molecule has 2 heterocycles. The molecule has 0 aliphatic carbocycles. The first-order valence-corrected chi connectivity index (χ1v) is 8.54. The molecule has 0 atom stereocenters. The van der Waals surface area contributed by atoms with Gasteiger partial charge in [-0.3, -0.25) is 4.79 Å². The van der Waals surface area contributed by atoms with Gasteiger partial charge in [0.1, 0.15) is 6.61 Å². The van der Waals surface area contributed by atoms with E-state index >= 15 is 0 Å². The van der Waals surface area contributed by atoms with Crippen LogP contribution in [0.3, 0.4) is 0 Å². The van der Waals surface area contributed by atoms with Crippen molar-refractivity contribution in [2.45, 2.75) is 6.54 Å². The molecule has 4 rings (SSSR count). The normalized spacial score (nSPS) is 11.1. The summed E-state index contributed by atoms with van der Waals surface area (Å²) in [5, 5.41) is 22.7. The molecule has 4 aromatic rings. The maximum atomic E-state index is 11.4. The van der Waals surface area contributed by atoms with Gasteiger partial charge < -0.3 is 5.11 Å². The third kappa shape index (κ3) is 3.19. The highest BCUT2D eigenvalue weighted by Gasteiger charge is 2.10. The summed E-state index contributed by atoms with van der Waals surface area (Å²) in [5.74, 6) is 0.311. The van der Waals surface area contributed by atoms with Crippen molar-refractivity contribution < 1.29 is 9.90 Å². The minimum Gasteiger partial charge on any atom is -0.388 e. The summed E-state index contributed by atoms with van der Waals surface area (Å²) < 4.78 is 1.19. The van der Waals surface area contributed by atoms with Crippen LogP contribution in [0.2, 0.25) is 0 Å². The van der Waals surface area contributed by atoms with Gasteiger partial charge in [0.2, 0.25) is 5.82 Å². The second-order valence-electron chi connectivity index (χ2n) is 5.57. The summed E-state index contributed by atoms with van der Waals surface area (Å²) in [4.78, 5) is 13.9. The molecule has 2 aromatic heterocycles. The number of aromatic nitrogens is 4. The number of tetrazole rings is 1. The SMILES string of the molecule is O=C(CO)c1ccc(Cn2nnc(-c3cc4ccccc4s3)n2)cc1. The molecule has 0 aliphatic rings. The Morgan fingerprint density at radius 2 is 1.92 bits per heavy atom. The van der Waals surface area contributed by atoms with E-state index in [0.29, 0.717) is 17.9 Å². The van der Waals surface area contributed by atoms with E-state index in [-0.39, 0.29) is 5.78 Å². The average Bonchev–Trinajstić information content (AvgIpc) is 3.28. The number of rotatable bonds is 5. The quantitative estimate of drug-likeness (QED) is 0.560. The number of Topliss-reactive ketones (excluding diaryl/α,β-unsaturated/α-hetero) is 1. The Labute approximate surface area is 147 Å². The van der Waals surface area contributed by atoms with Crippen molar-refractivity contribution in [3.8, 4) is 10.7 Å². The molecule has 2 aromatic carbocycles. The van der Waals surface area contributed by atoms with E-state index in [1.54, 1.807) is 23.5 Å². The zero-order valence-electron chi connectivity index (χ0n) is 13.2. The lowest BCUT2D eigenvalue weighted by Crippen LogP contribution is -2.06. The molecule has 0 fully saturated rings. The number of aliphatic hydroxyl groups is 1. The van der Waals surface area contributed by atoms with Crippen molar-refractivity contribution >= 4 is 27.2 Å². The van der Waals surface area contributed by atoms with Crippen LogP contribution in [-0.4, -0.2) is 37.7 Å². The van der Waals surface area contributed by atoms with Crippen LogP contribution in [0.25, 0.3) is 20.8 Å². The topological polar surface area (TPSA) is 80.9 Å². The molecule has 0 saturated heterocycles. The summed E-state index contributed by atoms with van der Waals surface area (Å²) in [6, 6.07) is 17.3. The molecule has 124 valence electrons. The number of nitrogens with zero attached hydrogens (tertiary/aromatic N) is 4. The van der Waals surface area contributed by atoms with Gasteiger partial charge in [-0.1, -0.05) is 42.5 Å². The van der Waals surface area contributed by atoms with Gasteiger partial charge in [-0.25, -0.2) is 0 Å². The standard InChI is InChI=1S/C18H14N4O2S/c23-11-15(24)13-7-5-12(6-8-13)10-22-20-18(19-21-22)17-9-14-3-1-2-4-16(14)25-17/h1-9,23H,10-11H2. The fourth-order valence-electron chi connectivity index (χ4n) is 2.55. The van der Waals surface area contributed by atoms with Gasteiger partial charge in [-0.15, -0.1) is 21.5 Å². The van der Waals surface area contributed by atoms with E-state index in [9.17, 15) is 4.79 Å². The largest absolute Gasteiger partial charge is 0.388 e. The van der Waals surface area contributed by atoms with Gasteiger partial charge >= 0.3 is 0 Å². The molecule has 0 unspecified atom stereocenters. The van der Waals surface area contributed by atoms with Crippen LogP contribution in [0, 0.1) is 0 Å². The molecule has 1 N–H and O–H groups in total. The predicted molar refractivity (Wildman–Crippen MR) is 95.6 cm³/mol. The summed E-state index contributed by atoms with van der Waals surface area (Å²) in [7, 11) is 0. The van der Waals surface area contributed by atoms with Gasteiger partial charge in [0, 0.05) is 10.3 Å². The lowest BCUT2D eigenvalue weighted by atomic mass is 10.1. The Morgan fingerprint density at radius 1 is 1.12 bits per heavy atom. The molecule has 7 heteroatoms. The summed E-state index contributed by atoms with van der Waals surface area (Å²) in [6.07, 6.45) is 0. The monoisotopic (exact) mass is 350 g/mol. The molecular formula is C18H14N4O2S. The van der Waals surface area contributed by atoms with E-state index in [0.717, 1.165) is 10.4 Å². The maximum absolute atomic E-state index is 11.4. The van der Waals surface area contributed by atoms with Crippen molar-refractivity contribution in [2.75, 3.05) is 6.61 Å². The van der Waals surface area contributed by atoms with Crippen molar-refractivity contribution in [3.63, 3.8) is 0 Å². The van der Waals surface area contributed by atoms with Gasteiger partial charge in [0.05, 0.1) is 11.4 Å². The zero-order valence-corrected chi connectivity index (χ0v) is 14.0. The molecule has 0 spiro atoms. The highest BCUT2D eigenvalue weighted by atomic mass is 32.1. The zero-order chi connectivity index (χ0) is 17.2.